The van der Waals surface area contributed by atoms with Crippen molar-refractivity contribution in [1.29, 1.82) is 0 Å². The first-order valence-corrected chi connectivity index (χ1v) is 14.3. The highest BCUT2D eigenvalue weighted by molar-refractivity contribution is 7.97. The van der Waals surface area contributed by atoms with Crippen molar-refractivity contribution in [2.45, 2.75) is 43.7 Å². The molecule has 2 aliphatic carbocycles. The van der Waals surface area contributed by atoms with Gasteiger partial charge in [0.05, 0.1) is 10.9 Å². The number of anilines is 1. The number of ether oxygens (including phenoxy) is 1. The number of ketones is 1. The molecule has 5 N–H and O–H groups in total. The average Bonchev–Trinajstić information content (AvgIpc) is 3.34. The summed E-state index contributed by atoms with van der Waals surface area (Å²) in [5.41, 5.74) is 15.7. The van der Waals surface area contributed by atoms with Gasteiger partial charge < -0.3 is 26.1 Å². The molecule has 2 atom stereocenters. The van der Waals surface area contributed by atoms with Gasteiger partial charge in [-0.25, -0.2) is 4.31 Å². The van der Waals surface area contributed by atoms with E-state index in [0.29, 0.717) is 16.9 Å². The van der Waals surface area contributed by atoms with E-state index in [2.05, 4.69) is 28.2 Å². The topological polar surface area (TPSA) is 118 Å². The Morgan fingerprint density at radius 2 is 1.72 bits per heavy atom. The zero-order chi connectivity index (χ0) is 27.7. The molecule has 1 saturated heterocycles. The van der Waals surface area contributed by atoms with Gasteiger partial charge in [0.25, 0.3) is 5.91 Å². The second-order valence-electron chi connectivity index (χ2n) is 10.8. The highest BCUT2D eigenvalue weighted by Crippen LogP contribution is 2.53. The summed E-state index contributed by atoms with van der Waals surface area (Å²) in [7, 11) is 2.13. The summed E-state index contributed by atoms with van der Waals surface area (Å²) in [5.74, 6) is 1.36. The van der Waals surface area contributed by atoms with Gasteiger partial charge in [0.15, 0.2) is 5.78 Å². The lowest BCUT2D eigenvalue weighted by atomic mass is 9.95. The number of amides is 1. The zero-order valence-corrected chi connectivity index (χ0v) is 23.6. The van der Waals surface area contributed by atoms with Gasteiger partial charge in [-0.1, -0.05) is 50.1 Å². The second kappa shape index (κ2) is 11.5. The fourth-order valence-corrected chi connectivity index (χ4v) is 6.02. The molecule has 2 aromatic carbocycles. The van der Waals surface area contributed by atoms with Gasteiger partial charge >= 0.3 is 0 Å². The number of hydrogen-bond donors (Lipinski definition) is 3. The van der Waals surface area contributed by atoms with E-state index in [-0.39, 0.29) is 17.8 Å². The van der Waals surface area contributed by atoms with Crippen LogP contribution in [0.5, 0.6) is 5.75 Å². The van der Waals surface area contributed by atoms with E-state index in [9.17, 15) is 9.59 Å². The molecular weight excluding hydrogens is 510 g/mol. The van der Waals surface area contributed by atoms with Crippen LogP contribution in [0.3, 0.4) is 0 Å². The molecule has 4 aliphatic rings. The van der Waals surface area contributed by atoms with Gasteiger partial charge in [0.1, 0.15) is 17.5 Å². The first-order valence-electron chi connectivity index (χ1n) is 13.5. The van der Waals surface area contributed by atoms with Crippen molar-refractivity contribution in [3.8, 4) is 5.75 Å². The number of carbonyl (C=O) groups excluding carboxylic acids is 2. The summed E-state index contributed by atoms with van der Waals surface area (Å²) in [6.45, 7) is 8.39. The van der Waals surface area contributed by atoms with Crippen LogP contribution in [-0.2, 0) is 0 Å². The minimum absolute atomic E-state index is 0.0815. The second-order valence-corrected chi connectivity index (χ2v) is 11.9. The van der Waals surface area contributed by atoms with Gasteiger partial charge in [-0.05, 0) is 55.6 Å². The van der Waals surface area contributed by atoms with Gasteiger partial charge in [0.2, 0.25) is 0 Å². The lowest BCUT2D eigenvalue weighted by Crippen LogP contribution is -2.41. The van der Waals surface area contributed by atoms with Crippen molar-refractivity contribution in [3.05, 3.63) is 76.5 Å². The predicted octanol–water partition coefficient (Wildman–Crippen LogP) is 4.78. The number of hydrogen-bond acceptors (Lipinski definition) is 7. The Bertz CT molecular complexity index is 1360. The van der Waals surface area contributed by atoms with Gasteiger partial charge in [-0.3, -0.25) is 9.59 Å². The summed E-state index contributed by atoms with van der Waals surface area (Å²) < 4.78 is 8.21. The number of benzene rings is 2. The van der Waals surface area contributed by atoms with Crippen LogP contribution < -0.4 is 16.2 Å². The summed E-state index contributed by atoms with van der Waals surface area (Å²) in [6, 6.07) is 15.3. The molecule has 9 heteroatoms. The van der Waals surface area contributed by atoms with E-state index < -0.39 is 5.91 Å². The fourth-order valence-electron chi connectivity index (χ4n) is 5.02. The van der Waals surface area contributed by atoms with Crippen LogP contribution in [-0.4, -0.2) is 59.1 Å². The largest absolute Gasteiger partial charge is 0.484 e. The molecule has 1 saturated carbocycles. The van der Waals surface area contributed by atoms with Crippen LogP contribution in [0.15, 0.2) is 53.6 Å². The number of para-hydroxylation sites is 1. The van der Waals surface area contributed by atoms with Crippen molar-refractivity contribution < 1.29 is 14.3 Å². The highest BCUT2D eigenvalue weighted by Gasteiger charge is 2.48. The lowest BCUT2D eigenvalue weighted by molar-refractivity contribution is 0.0934. The molecule has 2 aliphatic heterocycles. The average molecular weight is 548 g/mol. The fraction of sp³-hybridized carbons (Fsp3) is 0.400. The van der Waals surface area contributed by atoms with Crippen LogP contribution >= 0.6 is 11.9 Å². The SMILES string of the molecule is CC1CC1.Cc1cc(SN2CCN(C)CC2)[nH]c1C(N)=O.Nc1cccc2c1C(=O)C1c3ccccc3OC21. The van der Waals surface area contributed by atoms with Crippen molar-refractivity contribution in [2.75, 3.05) is 39.0 Å². The molecule has 3 heterocycles. The van der Waals surface area contributed by atoms with E-state index in [0.717, 1.165) is 59.6 Å². The molecule has 0 bridgehead atoms. The first kappa shape index (κ1) is 27.3. The third kappa shape index (κ3) is 6.00. The lowest BCUT2D eigenvalue weighted by Gasteiger charge is -2.30. The Hall–Kier alpha value is -3.27. The standard InChI is InChI=1S/C15H11NO2.C11H18N4OS.C4H8/c16-10-6-3-5-9-12(10)14(17)13-8-4-1-2-7-11(8)18-15(9)13;1-8-7-9(13-10(8)11(12)16)17-15-5-3-14(2)4-6-15;1-4-2-3-4/h1-7,13,15H,16H2;7,13H,3-6H2,1-2H3,(H2,12,16);4H,2-3H2,1H3. The summed E-state index contributed by atoms with van der Waals surface area (Å²) in [5, 5.41) is 0.987. The van der Waals surface area contributed by atoms with Gasteiger partial charge in [-0.2, -0.15) is 0 Å². The number of H-pyrrole nitrogens is 1. The molecule has 7 rings (SSSR count). The molecule has 0 spiro atoms. The van der Waals surface area contributed by atoms with Crippen LogP contribution in [0.25, 0.3) is 0 Å². The zero-order valence-electron chi connectivity index (χ0n) is 22.8. The molecule has 2 unspecified atom stereocenters. The van der Waals surface area contributed by atoms with Crippen LogP contribution in [0.1, 0.15) is 69.3 Å². The van der Waals surface area contributed by atoms with Crippen molar-refractivity contribution in [2.24, 2.45) is 11.7 Å². The third-order valence-electron chi connectivity index (χ3n) is 7.57. The van der Waals surface area contributed by atoms with E-state index >= 15 is 0 Å². The van der Waals surface area contributed by atoms with E-state index in [4.69, 9.17) is 16.2 Å². The number of aromatic amines is 1. The number of fused-ring (bicyclic) bond motifs is 5. The Morgan fingerprint density at radius 3 is 2.36 bits per heavy atom. The first-order chi connectivity index (χ1) is 18.7. The number of Topliss-reactive ketones (excluding diaryl/α,β-unsaturated/α-hetero) is 1. The maximum Gasteiger partial charge on any atom is 0.265 e. The molecular formula is C30H37N5O3S. The Morgan fingerprint density at radius 1 is 1.05 bits per heavy atom. The van der Waals surface area contributed by atoms with Crippen molar-refractivity contribution in [3.63, 3.8) is 0 Å². The smallest absolute Gasteiger partial charge is 0.265 e. The van der Waals surface area contributed by atoms with E-state index in [1.54, 1.807) is 18.0 Å². The van der Waals surface area contributed by atoms with Crippen molar-refractivity contribution in [1.82, 2.24) is 14.2 Å². The Labute approximate surface area is 234 Å². The number of likely N-dealkylation sites (N-methyl/N-ethyl adjacent to an activating group) is 1. The quantitative estimate of drug-likeness (QED) is 0.319. The number of nitrogen functional groups attached to an aromatic ring is 1. The maximum absolute atomic E-state index is 12.5. The number of primary amides is 1. The number of aromatic nitrogens is 1. The van der Waals surface area contributed by atoms with Crippen LogP contribution in [0.4, 0.5) is 5.69 Å². The minimum Gasteiger partial charge on any atom is -0.484 e. The van der Waals surface area contributed by atoms with Gasteiger partial charge in [0, 0.05) is 48.6 Å². The van der Waals surface area contributed by atoms with Crippen molar-refractivity contribution >= 4 is 29.3 Å². The highest BCUT2D eigenvalue weighted by atomic mass is 32.2. The molecule has 0 radical (unpaired) electrons. The number of piperazine rings is 1. The molecule has 1 aromatic heterocycles. The Balaban J connectivity index is 0.000000138. The molecule has 8 nitrogen and oxygen atoms in total. The van der Waals surface area contributed by atoms with E-state index in [1.165, 1.54) is 12.8 Å². The third-order valence-corrected chi connectivity index (χ3v) is 8.61. The van der Waals surface area contributed by atoms with Gasteiger partial charge in [-0.15, -0.1) is 0 Å². The number of carbonyl (C=O) groups is 2. The molecule has 39 heavy (non-hydrogen) atoms. The number of nitrogens with two attached hydrogens (primary N) is 2. The maximum atomic E-state index is 12.5. The molecule has 206 valence electrons. The number of nitrogens with zero attached hydrogens (tertiary/aromatic N) is 2. The minimum atomic E-state index is -0.396. The normalized spacial score (nSPS) is 21.5. The Kier molecular flexibility index (Phi) is 8.02. The predicted molar refractivity (Wildman–Crippen MR) is 155 cm³/mol. The summed E-state index contributed by atoms with van der Waals surface area (Å²) in [4.78, 5) is 29.0. The number of nitrogens with one attached hydrogen (secondary N) is 1. The van der Waals surface area contributed by atoms with E-state index in [1.807, 2.05) is 49.4 Å². The number of aryl methyl sites for hydroxylation is 1. The molecule has 1 amide bonds. The summed E-state index contributed by atoms with van der Waals surface area (Å²) in [6.07, 6.45) is 2.77. The monoisotopic (exact) mass is 547 g/mol. The molecule has 2 fully saturated rings. The van der Waals surface area contributed by atoms with Crippen LogP contribution in [0, 0.1) is 12.8 Å². The summed E-state index contributed by atoms with van der Waals surface area (Å²) >= 11 is 1.66. The number of rotatable bonds is 3. The van der Waals surface area contributed by atoms with Crippen LogP contribution in [0.2, 0.25) is 0 Å². The molecule has 3 aromatic rings.